The average Bonchev–Trinajstić information content (AvgIpc) is 2.96. The Labute approximate surface area is 232 Å². The zero-order valence-corrected chi connectivity index (χ0v) is 24.0. The predicted octanol–water partition coefficient (Wildman–Crippen LogP) is 4.82. The van der Waals surface area contributed by atoms with Crippen LogP contribution in [0, 0.1) is 0 Å². The van der Waals surface area contributed by atoms with Gasteiger partial charge in [-0.15, -0.1) is 0 Å². The molecule has 3 aromatic carbocycles. The van der Waals surface area contributed by atoms with Crippen LogP contribution in [0.4, 0.5) is 5.69 Å². The van der Waals surface area contributed by atoms with Crippen LogP contribution in [0.15, 0.2) is 89.8 Å². The van der Waals surface area contributed by atoms with Gasteiger partial charge in [0, 0.05) is 12.6 Å². The van der Waals surface area contributed by atoms with E-state index in [2.05, 4.69) is 5.32 Å². The summed E-state index contributed by atoms with van der Waals surface area (Å²) in [6.07, 6.45) is 1.88. The van der Waals surface area contributed by atoms with Gasteiger partial charge in [-0.1, -0.05) is 80.6 Å². The average molecular weight is 550 g/mol. The second kappa shape index (κ2) is 13.9. The van der Waals surface area contributed by atoms with Gasteiger partial charge in [0.1, 0.15) is 12.6 Å². The molecule has 0 saturated heterocycles. The number of aryl methyl sites for hydroxylation is 1. The van der Waals surface area contributed by atoms with Crippen LogP contribution in [0.5, 0.6) is 0 Å². The van der Waals surface area contributed by atoms with E-state index in [1.807, 2.05) is 63.2 Å². The number of nitrogens with one attached hydrogen (secondary N) is 1. The largest absolute Gasteiger partial charge is 0.352 e. The lowest BCUT2D eigenvalue weighted by Crippen LogP contribution is -2.53. The molecule has 3 aromatic rings. The number of para-hydroxylation sites is 1. The van der Waals surface area contributed by atoms with Crippen molar-refractivity contribution in [3.05, 3.63) is 96.1 Å². The molecule has 0 aliphatic heterocycles. The molecule has 39 heavy (non-hydrogen) atoms. The molecular weight excluding hydrogens is 510 g/mol. The van der Waals surface area contributed by atoms with Crippen molar-refractivity contribution < 1.29 is 18.0 Å². The van der Waals surface area contributed by atoms with Gasteiger partial charge in [-0.2, -0.15) is 0 Å². The van der Waals surface area contributed by atoms with Crippen molar-refractivity contribution >= 4 is 27.5 Å². The molecule has 3 rings (SSSR count). The number of hydrogen-bond acceptors (Lipinski definition) is 4. The van der Waals surface area contributed by atoms with E-state index in [1.165, 1.54) is 21.3 Å². The van der Waals surface area contributed by atoms with E-state index in [1.54, 1.807) is 37.3 Å². The Hall–Kier alpha value is -3.65. The second-order valence-corrected chi connectivity index (χ2v) is 11.5. The Morgan fingerprint density at radius 2 is 1.44 bits per heavy atom. The number of benzene rings is 3. The lowest BCUT2D eigenvalue weighted by molar-refractivity contribution is -0.139. The summed E-state index contributed by atoms with van der Waals surface area (Å²) >= 11 is 0. The van der Waals surface area contributed by atoms with E-state index in [0.717, 1.165) is 17.5 Å². The van der Waals surface area contributed by atoms with E-state index in [0.29, 0.717) is 18.5 Å². The Kier molecular flexibility index (Phi) is 10.7. The number of carbonyl (C=O) groups excluding carboxylic acids is 2. The summed E-state index contributed by atoms with van der Waals surface area (Å²) in [6, 6.07) is 24.2. The topological polar surface area (TPSA) is 86.8 Å². The Morgan fingerprint density at radius 3 is 2.05 bits per heavy atom. The molecule has 2 amide bonds. The van der Waals surface area contributed by atoms with Gasteiger partial charge >= 0.3 is 0 Å². The fourth-order valence-corrected chi connectivity index (χ4v) is 5.79. The van der Waals surface area contributed by atoms with Gasteiger partial charge in [-0.05, 0) is 62.4 Å². The summed E-state index contributed by atoms with van der Waals surface area (Å²) in [6.45, 7) is 7.37. The van der Waals surface area contributed by atoms with Crippen LogP contribution in [0.3, 0.4) is 0 Å². The molecule has 208 valence electrons. The minimum atomic E-state index is -4.07. The first-order valence-electron chi connectivity index (χ1n) is 13.5. The summed E-state index contributed by atoms with van der Waals surface area (Å²) in [7, 11) is -4.07. The summed E-state index contributed by atoms with van der Waals surface area (Å²) in [5, 5.41) is 2.96. The van der Waals surface area contributed by atoms with Crippen LogP contribution in [-0.4, -0.2) is 50.3 Å². The number of amides is 2. The summed E-state index contributed by atoms with van der Waals surface area (Å²) in [5.74, 6) is -0.708. The van der Waals surface area contributed by atoms with Gasteiger partial charge in [-0.3, -0.25) is 13.9 Å². The molecule has 0 aromatic heterocycles. The molecule has 0 unspecified atom stereocenters. The minimum Gasteiger partial charge on any atom is -0.352 e. The van der Waals surface area contributed by atoms with Crippen LogP contribution < -0.4 is 9.62 Å². The maximum Gasteiger partial charge on any atom is 0.264 e. The van der Waals surface area contributed by atoms with Crippen molar-refractivity contribution in [2.75, 3.05) is 17.4 Å². The maximum absolute atomic E-state index is 14.0. The van der Waals surface area contributed by atoms with Crippen molar-refractivity contribution in [2.24, 2.45) is 0 Å². The van der Waals surface area contributed by atoms with Gasteiger partial charge in [0.2, 0.25) is 11.8 Å². The molecule has 1 N–H and O–H groups in total. The second-order valence-electron chi connectivity index (χ2n) is 9.62. The van der Waals surface area contributed by atoms with Crippen molar-refractivity contribution in [2.45, 2.75) is 63.9 Å². The Balaban J connectivity index is 1.99. The van der Waals surface area contributed by atoms with Gasteiger partial charge in [0.25, 0.3) is 10.0 Å². The molecule has 0 heterocycles. The fourth-order valence-electron chi connectivity index (χ4n) is 4.32. The third kappa shape index (κ3) is 7.69. The highest BCUT2D eigenvalue weighted by Crippen LogP contribution is 2.28. The molecule has 2 atom stereocenters. The fraction of sp³-hybridized carbons (Fsp3) is 0.355. The molecule has 0 fully saturated rings. The van der Waals surface area contributed by atoms with Gasteiger partial charge in [0.15, 0.2) is 0 Å². The minimum absolute atomic E-state index is 0.0441. The molecule has 0 radical (unpaired) electrons. The molecule has 0 aliphatic rings. The first-order chi connectivity index (χ1) is 18.7. The van der Waals surface area contributed by atoms with Gasteiger partial charge in [-0.25, -0.2) is 8.42 Å². The third-order valence-corrected chi connectivity index (χ3v) is 8.68. The molecule has 8 heteroatoms. The Bertz CT molecular complexity index is 1330. The van der Waals surface area contributed by atoms with Crippen molar-refractivity contribution in [1.29, 1.82) is 0 Å². The van der Waals surface area contributed by atoms with E-state index >= 15 is 0 Å². The molecule has 0 aliphatic carbocycles. The summed E-state index contributed by atoms with van der Waals surface area (Å²) in [5.41, 5.74) is 2.29. The number of nitrogens with zero attached hydrogens (tertiary/aromatic N) is 2. The van der Waals surface area contributed by atoms with Crippen LogP contribution >= 0.6 is 0 Å². The first kappa shape index (κ1) is 29.9. The maximum atomic E-state index is 14.0. The highest BCUT2D eigenvalue weighted by atomic mass is 32.2. The van der Waals surface area contributed by atoms with Crippen LogP contribution in [0.2, 0.25) is 0 Å². The number of anilines is 1. The number of hydrogen-bond donors (Lipinski definition) is 1. The van der Waals surface area contributed by atoms with Crippen LogP contribution in [0.25, 0.3) is 0 Å². The van der Waals surface area contributed by atoms with E-state index < -0.39 is 28.5 Å². The smallest absolute Gasteiger partial charge is 0.264 e. The summed E-state index contributed by atoms with van der Waals surface area (Å²) in [4.78, 5) is 28.7. The van der Waals surface area contributed by atoms with Crippen molar-refractivity contribution in [1.82, 2.24) is 10.2 Å². The van der Waals surface area contributed by atoms with Crippen LogP contribution in [-0.2, 0) is 32.5 Å². The monoisotopic (exact) mass is 549 g/mol. The molecule has 0 bridgehead atoms. The molecular formula is C31H39N3O4S. The normalized spacial score (nSPS) is 12.8. The lowest BCUT2D eigenvalue weighted by atomic mass is 10.1. The Morgan fingerprint density at radius 1 is 0.846 bits per heavy atom. The van der Waals surface area contributed by atoms with E-state index in [4.69, 9.17) is 0 Å². The van der Waals surface area contributed by atoms with Crippen molar-refractivity contribution in [3.8, 4) is 0 Å². The SMILES string of the molecule is CCc1ccccc1N(CC(=O)N(CCc1ccccc1)[C@H](C)C(=O)N[C@@H](C)CC)S(=O)(=O)c1ccccc1. The quantitative estimate of drug-likeness (QED) is 0.331. The zero-order chi connectivity index (χ0) is 28.4. The molecule has 7 nitrogen and oxygen atoms in total. The highest BCUT2D eigenvalue weighted by molar-refractivity contribution is 7.92. The highest BCUT2D eigenvalue weighted by Gasteiger charge is 2.33. The molecule has 0 saturated carbocycles. The zero-order valence-electron chi connectivity index (χ0n) is 23.2. The first-order valence-corrected chi connectivity index (χ1v) is 14.9. The van der Waals surface area contributed by atoms with Gasteiger partial charge < -0.3 is 10.2 Å². The van der Waals surface area contributed by atoms with E-state index in [9.17, 15) is 18.0 Å². The van der Waals surface area contributed by atoms with Crippen LogP contribution in [0.1, 0.15) is 45.2 Å². The van der Waals surface area contributed by atoms with Gasteiger partial charge in [0.05, 0.1) is 10.6 Å². The third-order valence-electron chi connectivity index (χ3n) is 6.90. The number of carbonyl (C=O) groups is 2. The predicted molar refractivity (Wildman–Crippen MR) is 156 cm³/mol. The number of rotatable bonds is 13. The van der Waals surface area contributed by atoms with E-state index in [-0.39, 0.29) is 23.4 Å². The number of sulfonamides is 1. The standard InChI is InChI=1S/C31H39N3O4S/c1-5-24(3)32-31(36)25(4)33(22-21-26-15-9-7-10-16-26)30(35)23-34(29-20-14-13-17-27(29)6-2)39(37,38)28-18-11-8-12-19-28/h7-20,24-25H,5-6,21-23H2,1-4H3,(H,32,36)/t24-,25+/m0/s1. The lowest BCUT2D eigenvalue weighted by Gasteiger charge is -2.33. The van der Waals surface area contributed by atoms with Crippen molar-refractivity contribution in [3.63, 3.8) is 0 Å². The summed E-state index contributed by atoms with van der Waals surface area (Å²) < 4.78 is 29.0. The molecule has 0 spiro atoms.